The Morgan fingerprint density at radius 1 is 1.64 bits per heavy atom. The lowest BCUT2D eigenvalue weighted by Gasteiger charge is -2.37. The first-order valence-corrected chi connectivity index (χ1v) is 5.15. The Morgan fingerprint density at radius 3 is 3.07 bits per heavy atom. The maximum absolute atomic E-state index is 10.9. The molecule has 2 heterocycles. The van der Waals surface area contributed by atoms with Crippen molar-refractivity contribution in [3.63, 3.8) is 0 Å². The summed E-state index contributed by atoms with van der Waals surface area (Å²) in [5, 5.41) is 4.07. The molecular weight excluding hydrogens is 180 g/mol. The second-order valence-corrected chi connectivity index (χ2v) is 4.33. The van der Waals surface area contributed by atoms with Crippen LogP contribution in [0, 0.1) is 11.8 Å². The molecule has 0 spiro atoms. The van der Waals surface area contributed by atoms with Gasteiger partial charge >= 0.3 is 0 Å². The van der Waals surface area contributed by atoms with Gasteiger partial charge < -0.3 is 9.74 Å². The van der Waals surface area contributed by atoms with Gasteiger partial charge in [0.2, 0.25) is 6.41 Å². The summed E-state index contributed by atoms with van der Waals surface area (Å²) in [6.45, 7) is 5.76. The fourth-order valence-electron chi connectivity index (χ4n) is 2.35. The van der Waals surface area contributed by atoms with Gasteiger partial charge in [-0.2, -0.15) is 0 Å². The molecule has 0 radical (unpaired) electrons. The zero-order valence-corrected chi connectivity index (χ0v) is 8.64. The van der Waals surface area contributed by atoms with E-state index in [9.17, 15) is 4.79 Å². The average Bonchev–Trinajstić information content (AvgIpc) is 2.62. The molecule has 2 atom stereocenters. The molecule has 1 amide bonds. The lowest BCUT2D eigenvalue weighted by molar-refractivity contribution is -0.120. The highest BCUT2D eigenvalue weighted by atomic mass is 16.6. The molecule has 14 heavy (non-hydrogen) atoms. The van der Waals surface area contributed by atoms with Gasteiger partial charge in [-0.05, 0) is 12.3 Å². The van der Waals surface area contributed by atoms with E-state index >= 15 is 0 Å². The molecule has 0 aliphatic carbocycles. The van der Waals surface area contributed by atoms with Gasteiger partial charge in [0.05, 0.1) is 11.8 Å². The standard InChI is InChI=1S/C10H16N2O2/c1-7(2)10-9-8(5-14-11-9)3-4-12(10)6-13/h6-8,10H,3-5H2,1-2H3/t8?,10-/m0/s1. The zero-order valence-electron chi connectivity index (χ0n) is 8.64. The fourth-order valence-corrected chi connectivity index (χ4v) is 2.35. The van der Waals surface area contributed by atoms with Crippen molar-refractivity contribution in [3.05, 3.63) is 0 Å². The van der Waals surface area contributed by atoms with Crippen molar-refractivity contribution in [2.75, 3.05) is 13.2 Å². The van der Waals surface area contributed by atoms with Gasteiger partial charge in [-0.25, -0.2) is 0 Å². The first kappa shape index (κ1) is 9.49. The van der Waals surface area contributed by atoms with Gasteiger partial charge in [-0.1, -0.05) is 19.0 Å². The Hall–Kier alpha value is -1.06. The van der Waals surface area contributed by atoms with E-state index in [-0.39, 0.29) is 6.04 Å². The Balaban J connectivity index is 2.23. The van der Waals surface area contributed by atoms with Crippen molar-refractivity contribution in [3.8, 4) is 0 Å². The number of carbonyl (C=O) groups is 1. The predicted octanol–water partition coefficient (Wildman–Crippen LogP) is 0.875. The van der Waals surface area contributed by atoms with Gasteiger partial charge in [0.15, 0.2) is 0 Å². The van der Waals surface area contributed by atoms with Crippen molar-refractivity contribution in [2.24, 2.45) is 17.0 Å². The first-order chi connectivity index (χ1) is 6.74. The minimum absolute atomic E-state index is 0.147. The highest BCUT2D eigenvalue weighted by Crippen LogP contribution is 2.28. The molecule has 4 nitrogen and oxygen atoms in total. The van der Waals surface area contributed by atoms with E-state index in [1.165, 1.54) is 0 Å². The van der Waals surface area contributed by atoms with Gasteiger partial charge in [0.25, 0.3) is 0 Å². The average molecular weight is 196 g/mol. The third-order valence-electron chi connectivity index (χ3n) is 3.03. The Bertz CT molecular complexity index is 263. The van der Waals surface area contributed by atoms with Gasteiger partial charge in [0.1, 0.15) is 6.61 Å². The molecule has 1 saturated heterocycles. The molecule has 0 N–H and O–H groups in total. The third-order valence-corrected chi connectivity index (χ3v) is 3.03. The SMILES string of the molecule is CC(C)[C@H]1C2=NOCC2CCN1C=O. The highest BCUT2D eigenvalue weighted by molar-refractivity contribution is 5.94. The zero-order chi connectivity index (χ0) is 10.1. The van der Waals surface area contributed by atoms with Crippen LogP contribution < -0.4 is 0 Å². The largest absolute Gasteiger partial charge is 0.395 e. The van der Waals surface area contributed by atoms with Crippen LogP contribution in [0.3, 0.4) is 0 Å². The second-order valence-electron chi connectivity index (χ2n) is 4.33. The number of hydrogen-bond acceptors (Lipinski definition) is 3. The summed E-state index contributed by atoms with van der Waals surface area (Å²) >= 11 is 0. The summed E-state index contributed by atoms with van der Waals surface area (Å²) in [6.07, 6.45) is 1.92. The molecule has 0 bridgehead atoms. The van der Waals surface area contributed by atoms with Crippen LogP contribution in [0.4, 0.5) is 0 Å². The number of rotatable bonds is 2. The number of likely N-dealkylation sites (tertiary alicyclic amines) is 1. The van der Waals surface area contributed by atoms with Gasteiger partial charge in [-0.3, -0.25) is 4.79 Å². The molecule has 2 aliphatic rings. The van der Waals surface area contributed by atoms with Crippen LogP contribution >= 0.6 is 0 Å². The molecule has 2 rings (SSSR count). The predicted molar refractivity (Wildman–Crippen MR) is 52.9 cm³/mol. The summed E-state index contributed by atoms with van der Waals surface area (Å²) in [6, 6.07) is 0.147. The van der Waals surface area contributed by atoms with E-state index in [2.05, 4.69) is 19.0 Å². The van der Waals surface area contributed by atoms with E-state index < -0.39 is 0 Å². The third kappa shape index (κ3) is 1.38. The Morgan fingerprint density at radius 2 is 2.43 bits per heavy atom. The molecule has 0 aromatic heterocycles. The van der Waals surface area contributed by atoms with Crippen molar-refractivity contribution in [1.29, 1.82) is 0 Å². The van der Waals surface area contributed by atoms with Crippen LogP contribution in [-0.4, -0.2) is 36.2 Å². The number of fused-ring (bicyclic) bond motifs is 1. The Labute approximate surface area is 83.9 Å². The van der Waals surface area contributed by atoms with Crippen molar-refractivity contribution < 1.29 is 9.63 Å². The normalized spacial score (nSPS) is 31.1. The van der Waals surface area contributed by atoms with E-state index in [0.717, 1.165) is 25.1 Å². The smallest absolute Gasteiger partial charge is 0.210 e. The molecule has 78 valence electrons. The molecule has 2 aliphatic heterocycles. The van der Waals surface area contributed by atoms with E-state index in [4.69, 9.17) is 4.84 Å². The second kappa shape index (κ2) is 3.59. The summed E-state index contributed by atoms with van der Waals surface area (Å²) in [5.41, 5.74) is 1.07. The van der Waals surface area contributed by atoms with Gasteiger partial charge in [0, 0.05) is 12.5 Å². The topological polar surface area (TPSA) is 41.9 Å². The quantitative estimate of drug-likeness (QED) is 0.615. The summed E-state index contributed by atoms with van der Waals surface area (Å²) in [4.78, 5) is 17.8. The fraction of sp³-hybridized carbons (Fsp3) is 0.800. The van der Waals surface area contributed by atoms with Crippen LogP contribution in [0.1, 0.15) is 20.3 Å². The lowest BCUT2D eigenvalue weighted by atomic mass is 9.84. The van der Waals surface area contributed by atoms with Crippen molar-refractivity contribution in [1.82, 2.24) is 4.90 Å². The van der Waals surface area contributed by atoms with Crippen LogP contribution in [0.25, 0.3) is 0 Å². The van der Waals surface area contributed by atoms with E-state index in [0.29, 0.717) is 18.4 Å². The molecule has 4 heteroatoms. The summed E-state index contributed by atoms with van der Waals surface area (Å²) in [5.74, 6) is 0.849. The molecule has 0 aromatic carbocycles. The van der Waals surface area contributed by atoms with Crippen LogP contribution in [-0.2, 0) is 9.63 Å². The number of nitrogens with zero attached hydrogens (tertiary/aromatic N) is 2. The molecule has 1 fully saturated rings. The molecule has 0 saturated carbocycles. The van der Waals surface area contributed by atoms with E-state index in [1.807, 2.05) is 4.90 Å². The first-order valence-electron chi connectivity index (χ1n) is 5.15. The minimum Gasteiger partial charge on any atom is -0.395 e. The molecule has 0 aromatic rings. The maximum atomic E-state index is 10.9. The number of carbonyl (C=O) groups excluding carboxylic acids is 1. The number of oxime groups is 1. The summed E-state index contributed by atoms with van der Waals surface area (Å²) < 4.78 is 0. The maximum Gasteiger partial charge on any atom is 0.210 e. The van der Waals surface area contributed by atoms with Crippen LogP contribution in [0.15, 0.2) is 5.16 Å². The van der Waals surface area contributed by atoms with Crippen LogP contribution in [0.2, 0.25) is 0 Å². The molecular formula is C10H16N2O2. The Kier molecular flexibility index (Phi) is 2.44. The summed E-state index contributed by atoms with van der Waals surface area (Å²) in [7, 11) is 0. The monoisotopic (exact) mass is 196 g/mol. The lowest BCUT2D eigenvalue weighted by Crippen LogP contribution is -2.51. The van der Waals surface area contributed by atoms with Gasteiger partial charge in [-0.15, -0.1) is 0 Å². The minimum atomic E-state index is 0.147. The highest BCUT2D eigenvalue weighted by Gasteiger charge is 2.39. The van der Waals surface area contributed by atoms with E-state index in [1.54, 1.807) is 0 Å². The van der Waals surface area contributed by atoms with Crippen LogP contribution in [0.5, 0.6) is 0 Å². The number of amides is 1. The van der Waals surface area contributed by atoms with Crippen molar-refractivity contribution >= 4 is 12.1 Å². The number of piperidine rings is 1. The molecule has 1 unspecified atom stereocenters. The number of hydrogen-bond donors (Lipinski definition) is 0. The van der Waals surface area contributed by atoms with Crippen molar-refractivity contribution in [2.45, 2.75) is 26.3 Å².